The normalized spacial score (nSPS) is 18.6. The highest BCUT2D eigenvalue weighted by molar-refractivity contribution is 7.89. The first kappa shape index (κ1) is 14.3. The van der Waals surface area contributed by atoms with Gasteiger partial charge in [-0.3, -0.25) is 0 Å². The van der Waals surface area contributed by atoms with Crippen LogP contribution < -0.4 is 10.5 Å². The van der Waals surface area contributed by atoms with E-state index in [0.717, 1.165) is 5.69 Å². The van der Waals surface area contributed by atoms with Gasteiger partial charge in [0.2, 0.25) is 10.0 Å². The first-order valence-electron chi connectivity index (χ1n) is 6.95. The smallest absolute Gasteiger partial charge is 0.238 e. The molecule has 0 atom stereocenters. The zero-order valence-corrected chi connectivity index (χ0v) is 12.0. The lowest BCUT2D eigenvalue weighted by Crippen LogP contribution is -2.20. The Labute approximate surface area is 115 Å². The Bertz CT molecular complexity index is 489. The Morgan fingerprint density at radius 2 is 1.47 bits per heavy atom. The quantitative estimate of drug-likeness (QED) is 0.895. The molecule has 1 aliphatic carbocycles. The highest BCUT2D eigenvalue weighted by Gasteiger charge is 2.12. The fraction of sp³-hybridized carbons (Fsp3) is 0.571. The number of hydrogen-bond donors (Lipinski definition) is 2. The van der Waals surface area contributed by atoms with Crippen molar-refractivity contribution in [1.82, 2.24) is 0 Å². The van der Waals surface area contributed by atoms with E-state index in [-0.39, 0.29) is 4.90 Å². The van der Waals surface area contributed by atoms with Crippen LogP contribution >= 0.6 is 0 Å². The summed E-state index contributed by atoms with van der Waals surface area (Å²) in [5.41, 5.74) is 0.970. The molecule has 0 unspecified atom stereocenters. The van der Waals surface area contributed by atoms with E-state index >= 15 is 0 Å². The van der Waals surface area contributed by atoms with Gasteiger partial charge in [-0.05, 0) is 37.1 Å². The Morgan fingerprint density at radius 3 is 2.00 bits per heavy atom. The van der Waals surface area contributed by atoms with E-state index in [1.54, 1.807) is 24.3 Å². The summed E-state index contributed by atoms with van der Waals surface area (Å²) in [5.74, 6) is 0. The van der Waals surface area contributed by atoms with Gasteiger partial charge in [0.05, 0.1) is 4.90 Å². The third-order valence-electron chi connectivity index (χ3n) is 3.66. The molecule has 1 aromatic carbocycles. The maximum Gasteiger partial charge on any atom is 0.238 e. The van der Waals surface area contributed by atoms with Gasteiger partial charge < -0.3 is 5.32 Å². The maximum atomic E-state index is 11.2. The fourth-order valence-electron chi connectivity index (χ4n) is 2.58. The molecule has 0 spiro atoms. The van der Waals surface area contributed by atoms with Crippen molar-refractivity contribution in [2.75, 3.05) is 5.32 Å². The van der Waals surface area contributed by atoms with Crippen molar-refractivity contribution in [3.63, 3.8) is 0 Å². The molecule has 5 heteroatoms. The zero-order valence-electron chi connectivity index (χ0n) is 11.1. The molecule has 3 N–H and O–H groups in total. The molecule has 0 radical (unpaired) electrons. The second-order valence-electron chi connectivity index (χ2n) is 5.26. The van der Waals surface area contributed by atoms with Crippen molar-refractivity contribution < 1.29 is 8.42 Å². The van der Waals surface area contributed by atoms with Crippen LogP contribution in [0.4, 0.5) is 5.69 Å². The summed E-state index contributed by atoms with van der Waals surface area (Å²) in [6, 6.07) is 7.19. The molecule has 0 amide bonds. The molecule has 19 heavy (non-hydrogen) atoms. The van der Waals surface area contributed by atoms with Crippen LogP contribution in [0.1, 0.15) is 44.9 Å². The predicted molar refractivity (Wildman–Crippen MR) is 77.5 cm³/mol. The van der Waals surface area contributed by atoms with Gasteiger partial charge >= 0.3 is 0 Å². The molecule has 1 aromatic rings. The second-order valence-corrected chi connectivity index (χ2v) is 6.82. The molecular formula is C14H22N2O2S. The summed E-state index contributed by atoms with van der Waals surface area (Å²) in [4.78, 5) is 0.163. The summed E-state index contributed by atoms with van der Waals surface area (Å²) < 4.78 is 22.4. The molecule has 1 fully saturated rings. The number of anilines is 1. The van der Waals surface area contributed by atoms with E-state index in [2.05, 4.69) is 5.32 Å². The Balaban J connectivity index is 1.98. The SMILES string of the molecule is NS(=O)(=O)c1ccc(NC2CCCCCCC2)cc1. The van der Waals surface area contributed by atoms with Crippen molar-refractivity contribution in [2.45, 2.75) is 55.9 Å². The minimum Gasteiger partial charge on any atom is -0.382 e. The standard InChI is InChI=1S/C14H22N2O2S/c15-19(17,18)14-10-8-13(9-11-14)16-12-6-4-2-1-3-5-7-12/h8-12,16H,1-7H2,(H2,15,17,18). The Kier molecular flexibility index (Phi) is 4.82. The number of rotatable bonds is 3. The van der Waals surface area contributed by atoms with E-state index in [0.29, 0.717) is 6.04 Å². The highest BCUT2D eigenvalue weighted by atomic mass is 32.2. The average Bonchev–Trinajstić information content (AvgIpc) is 2.32. The topological polar surface area (TPSA) is 72.2 Å². The number of sulfonamides is 1. The van der Waals surface area contributed by atoms with E-state index in [9.17, 15) is 8.42 Å². The van der Waals surface area contributed by atoms with Gasteiger partial charge in [-0.15, -0.1) is 0 Å². The van der Waals surface area contributed by atoms with Crippen molar-refractivity contribution in [3.05, 3.63) is 24.3 Å². The van der Waals surface area contributed by atoms with Gasteiger partial charge in [-0.1, -0.05) is 32.1 Å². The van der Waals surface area contributed by atoms with Crippen LogP contribution in [0.5, 0.6) is 0 Å². The molecule has 0 aliphatic heterocycles. The maximum absolute atomic E-state index is 11.2. The van der Waals surface area contributed by atoms with Gasteiger partial charge in [-0.2, -0.15) is 0 Å². The molecule has 0 aromatic heterocycles. The molecule has 0 saturated heterocycles. The molecule has 4 nitrogen and oxygen atoms in total. The van der Waals surface area contributed by atoms with Gasteiger partial charge in [0.15, 0.2) is 0 Å². The van der Waals surface area contributed by atoms with Gasteiger partial charge in [0.25, 0.3) is 0 Å². The van der Waals surface area contributed by atoms with Crippen LogP contribution in [0.2, 0.25) is 0 Å². The van der Waals surface area contributed by atoms with Crippen LogP contribution in [-0.2, 0) is 10.0 Å². The van der Waals surface area contributed by atoms with Gasteiger partial charge in [0.1, 0.15) is 0 Å². The molecule has 106 valence electrons. The van der Waals surface area contributed by atoms with Gasteiger partial charge in [-0.25, -0.2) is 13.6 Å². The van der Waals surface area contributed by atoms with E-state index in [1.165, 1.54) is 44.9 Å². The highest BCUT2D eigenvalue weighted by Crippen LogP contribution is 2.21. The predicted octanol–water partition coefficient (Wildman–Crippen LogP) is 2.86. The molecule has 2 rings (SSSR count). The van der Waals surface area contributed by atoms with E-state index in [1.807, 2.05) is 0 Å². The first-order chi connectivity index (χ1) is 9.05. The van der Waals surface area contributed by atoms with E-state index in [4.69, 9.17) is 5.14 Å². The van der Waals surface area contributed by atoms with Crippen molar-refractivity contribution in [2.24, 2.45) is 5.14 Å². The lowest BCUT2D eigenvalue weighted by Gasteiger charge is -2.22. The van der Waals surface area contributed by atoms with Crippen LogP contribution in [0.15, 0.2) is 29.2 Å². The Morgan fingerprint density at radius 1 is 0.947 bits per heavy atom. The molecule has 1 aliphatic rings. The number of hydrogen-bond acceptors (Lipinski definition) is 3. The largest absolute Gasteiger partial charge is 0.382 e. The molecule has 1 saturated carbocycles. The number of nitrogens with two attached hydrogens (primary N) is 1. The minimum absolute atomic E-state index is 0.163. The van der Waals surface area contributed by atoms with Crippen molar-refractivity contribution >= 4 is 15.7 Å². The first-order valence-corrected chi connectivity index (χ1v) is 8.50. The molecule has 0 heterocycles. The third-order valence-corrected chi connectivity index (χ3v) is 4.59. The lowest BCUT2D eigenvalue weighted by molar-refractivity contribution is 0.471. The van der Waals surface area contributed by atoms with Crippen molar-refractivity contribution in [1.29, 1.82) is 0 Å². The van der Waals surface area contributed by atoms with Crippen LogP contribution in [0.3, 0.4) is 0 Å². The summed E-state index contributed by atoms with van der Waals surface area (Å²) in [7, 11) is -3.59. The second kappa shape index (κ2) is 6.39. The average molecular weight is 282 g/mol. The monoisotopic (exact) mass is 282 g/mol. The van der Waals surface area contributed by atoms with Crippen LogP contribution in [-0.4, -0.2) is 14.5 Å². The minimum atomic E-state index is -3.59. The summed E-state index contributed by atoms with van der Waals surface area (Å²) in [5, 5.41) is 8.57. The molecular weight excluding hydrogens is 260 g/mol. The number of nitrogens with one attached hydrogen (secondary N) is 1. The summed E-state index contributed by atoms with van der Waals surface area (Å²) in [6.07, 6.45) is 8.93. The number of primary sulfonamides is 1. The lowest BCUT2D eigenvalue weighted by atomic mass is 9.96. The van der Waals surface area contributed by atoms with E-state index < -0.39 is 10.0 Å². The third kappa shape index (κ3) is 4.51. The number of benzene rings is 1. The fourth-order valence-corrected chi connectivity index (χ4v) is 3.09. The van der Waals surface area contributed by atoms with Crippen LogP contribution in [0.25, 0.3) is 0 Å². The Hall–Kier alpha value is -1.07. The van der Waals surface area contributed by atoms with Crippen molar-refractivity contribution in [3.8, 4) is 0 Å². The van der Waals surface area contributed by atoms with Crippen LogP contribution in [0, 0.1) is 0 Å². The summed E-state index contributed by atoms with van der Waals surface area (Å²) >= 11 is 0. The van der Waals surface area contributed by atoms with Gasteiger partial charge in [0, 0.05) is 11.7 Å². The molecule has 0 bridgehead atoms. The summed E-state index contributed by atoms with van der Waals surface area (Å²) in [6.45, 7) is 0. The zero-order chi connectivity index (χ0) is 13.7.